The van der Waals surface area contributed by atoms with Crippen LogP contribution in [0, 0.1) is 20.8 Å². The molecule has 1 atom stereocenters. The van der Waals surface area contributed by atoms with Crippen LogP contribution in [-0.4, -0.2) is 4.98 Å². The lowest BCUT2D eigenvalue weighted by atomic mass is 9.92. The van der Waals surface area contributed by atoms with E-state index in [1.165, 1.54) is 27.8 Å². The molecule has 1 heterocycles. The number of nitrogens with two attached hydrogens (primary N) is 1. The van der Waals surface area contributed by atoms with Gasteiger partial charge in [0.15, 0.2) is 0 Å². The molecule has 1 unspecified atom stereocenters. The van der Waals surface area contributed by atoms with Crippen molar-refractivity contribution in [1.82, 2.24) is 4.98 Å². The first kappa shape index (κ1) is 14.7. The number of hydrogen-bond donors (Lipinski definition) is 1. The van der Waals surface area contributed by atoms with Crippen LogP contribution in [0.25, 0.3) is 0 Å². The lowest BCUT2D eigenvalue weighted by molar-refractivity contribution is 0.680. The third kappa shape index (κ3) is 3.07. The highest BCUT2D eigenvalue weighted by Gasteiger charge is 2.15. The topological polar surface area (TPSA) is 38.9 Å². The predicted molar refractivity (Wildman–Crippen MR) is 84.9 cm³/mol. The van der Waals surface area contributed by atoms with Crippen LogP contribution in [0.1, 0.15) is 46.5 Å². The highest BCUT2D eigenvalue weighted by atomic mass is 14.8. The van der Waals surface area contributed by atoms with Gasteiger partial charge in [0.1, 0.15) is 0 Å². The van der Waals surface area contributed by atoms with Gasteiger partial charge in [-0.1, -0.05) is 30.7 Å². The minimum absolute atomic E-state index is 0.0359. The molecule has 0 fully saturated rings. The van der Waals surface area contributed by atoms with Crippen molar-refractivity contribution in [3.63, 3.8) is 0 Å². The van der Waals surface area contributed by atoms with Crippen LogP contribution in [0.3, 0.4) is 0 Å². The molecule has 1 aromatic carbocycles. The summed E-state index contributed by atoms with van der Waals surface area (Å²) in [6.45, 7) is 8.62. The van der Waals surface area contributed by atoms with E-state index in [0.717, 1.165) is 18.5 Å². The Balaban J connectivity index is 2.30. The average molecular weight is 268 g/mol. The lowest BCUT2D eigenvalue weighted by Gasteiger charge is -2.18. The first-order chi connectivity index (χ1) is 9.52. The number of hydrogen-bond acceptors (Lipinski definition) is 2. The van der Waals surface area contributed by atoms with Crippen molar-refractivity contribution >= 4 is 0 Å². The van der Waals surface area contributed by atoms with E-state index in [0.29, 0.717) is 0 Å². The summed E-state index contributed by atoms with van der Waals surface area (Å²) in [5.74, 6) is 0. The summed E-state index contributed by atoms with van der Waals surface area (Å²) in [5, 5.41) is 0. The molecular formula is C18H24N2. The molecule has 2 N–H and O–H groups in total. The van der Waals surface area contributed by atoms with E-state index in [4.69, 9.17) is 5.73 Å². The molecule has 0 saturated heterocycles. The molecule has 1 aromatic heterocycles. The molecule has 2 aromatic rings. The normalized spacial score (nSPS) is 12.4. The van der Waals surface area contributed by atoms with Gasteiger partial charge in [0, 0.05) is 6.20 Å². The van der Waals surface area contributed by atoms with Crippen molar-refractivity contribution < 1.29 is 0 Å². The molecule has 0 amide bonds. The van der Waals surface area contributed by atoms with Crippen LogP contribution in [0.15, 0.2) is 30.5 Å². The number of nitrogens with zero attached hydrogens (tertiary/aromatic N) is 1. The number of rotatable bonds is 4. The second-order valence-corrected chi connectivity index (χ2v) is 5.59. The van der Waals surface area contributed by atoms with E-state index in [1.807, 2.05) is 12.3 Å². The SMILES string of the molecule is CCc1cccnc1C(N)Cc1c(C)cc(C)cc1C. The lowest BCUT2D eigenvalue weighted by Crippen LogP contribution is -2.18. The molecule has 106 valence electrons. The van der Waals surface area contributed by atoms with Gasteiger partial charge in [-0.3, -0.25) is 4.98 Å². The van der Waals surface area contributed by atoms with E-state index in [9.17, 15) is 0 Å². The van der Waals surface area contributed by atoms with Crippen LogP contribution < -0.4 is 5.73 Å². The maximum Gasteiger partial charge on any atom is 0.0606 e. The standard InChI is InChI=1S/C18H24N2/c1-5-15-7-6-8-20-18(15)17(19)11-16-13(3)9-12(2)10-14(16)4/h6-10,17H,5,11,19H2,1-4H3. The van der Waals surface area contributed by atoms with Gasteiger partial charge in [-0.15, -0.1) is 0 Å². The molecule has 0 spiro atoms. The Morgan fingerprint density at radius 2 is 1.80 bits per heavy atom. The maximum atomic E-state index is 6.42. The summed E-state index contributed by atoms with van der Waals surface area (Å²) >= 11 is 0. The molecule has 0 saturated carbocycles. The van der Waals surface area contributed by atoms with Gasteiger partial charge in [-0.2, -0.15) is 0 Å². The Hall–Kier alpha value is -1.67. The molecule has 2 heteroatoms. The van der Waals surface area contributed by atoms with Crippen molar-refractivity contribution in [2.45, 2.75) is 46.6 Å². The van der Waals surface area contributed by atoms with E-state index in [2.05, 4.69) is 50.9 Å². The second-order valence-electron chi connectivity index (χ2n) is 5.59. The number of benzene rings is 1. The maximum absolute atomic E-state index is 6.42. The summed E-state index contributed by atoms with van der Waals surface area (Å²) in [7, 11) is 0. The molecule has 2 rings (SSSR count). The third-order valence-corrected chi connectivity index (χ3v) is 3.92. The van der Waals surface area contributed by atoms with E-state index in [1.54, 1.807) is 0 Å². The minimum Gasteiger partial charge on any atom is -0.322 e. The Bertz CT molecular complexity index is 579. The van der Waals surface area contributed by atoms with Gasteiger partial charge in [0.05, 0.1) is 11.7 Å². The smallest absolute Gasteiger partial charge is 0.0606 e. The van der Waals surface area contributed by atoms with Crippen molar-refractivity contribution in [1.29, 1.82) is 0 Å². The highest BCUT2D eigenvalue weighted by molar-refractivity contribution is 5.39. The Morgan fingerprint density at radius 3 is 2.40 bits per heavy atom. The molecule has 20 heavy (non-hydrogen) atoms. The third-order valence-electron chi connectivity index (χ3n) is 3.92. The molecule has 0 aliphatic carbocycles. The van der Waals surface area contributed by atoms with E-state index in [-0.39, 0.29) is 6.04 Å². The molecule has 0 aliphatic heterocycles. The summed E-state index contributed by atoms with van der Waals surface area (Å²) in [5.41, 5.74) is 14.0. The summed E-state index contributed by atoms with van der Waals surface area (Å²) in [6.07, 6.45) is 3.66. The largest absolute Gasteiger partial charge is 0.322 e. The van der Waals surface area contributed by atoms with E-state index < -0.39 is 0 Å². The van der Waals surface area contributed by atoms with Crippen molar-refractivity contribution in [2.75, 3.05) is 0 Å². The number of aromatic nitrogens is 1. The first-order valence-electron chi connectivity index (χ1n) is 7.29. The predicted octanol–water partition coefficient (Wildman–Crippen LogP) is 3.81. The van der Waals surface area contributed by atoms with Crippen LogP contribution in [0.4, 0.5) is 0 Å². The highest BCUT2D eigenvalue weighted by Crippen LogP contribution is 2.23. The second kappa shape index (κ2) is 6.19. The first-order valence-corrected chi connectivity index (χ1v) is 7.29. The van der Waals surface area contributed by atoms with Gasteiger partial charge in [0.2, 0.25) is 0 Å². The summed E-state index contributed by atoms with van der Waals surface area (Å²) < 4.78 is 0. The van der Waals surface area contributed by atoms with Gasteiger partial charge in [-0.05, 0) is 61.9 Å². The molecule has 0 radical (unpaired) electrons. The number of pyridine rings is 1. The van der Waals surface area contributed by atoms with Gasteiger partial charge in [-0.25, -0.2) is 0 Å². The summed E-state index contributed by atoms with van der Waals surface area (Å²) in [4.78, 5) is 4.50. The van der Waals surface area contributed by atoms with Crippen LogP contribution in [0.5, 0.6) is 0 Å². The fourth-order valence-electron chi connectivity index (χ4n) is 2.93. The molecule has 0 bridgehead atoms. The summed E-state index contributed by atoms with van der Waals surface area (Å²) in [6, 6.07) is 8.53. The zero-order valence-electron chi connectivity index (χ0n) is 12.9. The van der Waals surface area contributed by atoms with Crippen LogP contribution in [-0.2, 0) is 12.8 Å². The van der Waals surface area contributed by atoms with Crippen molar-refractivity contribution in [2.24, 2.45) is 5.73 Å². The molecule has 0 aliphatic rings. The molecule has 2 nitrogen and oxygen atoms in total. The molecular weight excluding hydrogens is 244 g/mol. The van der Waals surface area contributed by atoms with Gasteiger partial charge >= 0.3 is 0 Å². The zero-order valence-corrected chi connectivity index (χ0v) is 12.9. The Morgan fingerprint density at radius 1 is 1.15 bits per heavy atom. The Labute approximate surface area is 122 Å². The fourth-order valence-corrected chi connectivity index (χ4v) is 2.93. The van der Waals surface area contributed by atoms with Crippen LogP contribution in [0.2, 0.25) is 0 Å². The quantitative estimate of drug-likeness (QED) is 0.915. The van der Waals surface area contributed by atoms with Crippen molar-refractivity contribution in [3.05, 3.63) is 64.0 Å². The Kier molecular flexibility index (Phi) is 4.56. The van der Waals surface area contributed by atoms with Crippen molar-refractivity contribution in [3.8, 4) is 0 Å². The fraction of sp³-hybridized carbons (Fsp3) is 0.389. The number of aryl methyl sites for hydroxylation is 4. The van der Waals surface area contributed by atoms with E-state index >= 15 is 0 Å². The van der Waals surface area contributed by atoms with Gasteiger partial charge in [0.25, 0.3) is 0 Å². The minimum atomic E-state index is -0.0359. The average Bonchev–Trinajstić information content (AvgIpc) is 2.42. The van der Waals surface area contributed by atoms with Crippen LogP contribution >= 0.6 is 0 Å². The monoisotopic (exact) mass is 268 g/mol. The zero-order chi connectivity index (χ0) is 14.7. The van der Waals surface area contributed by atoms with Gasteiger partial charge < -0.3 is 5.73 Å².